The Kier molecular flexibility index (Phi) is 3.35. The lowest BCUT2D eigenvalue weighted by molar-refractivity contribution is 0.102. The molecule has 0 radical (unpaired) electrons. The van der Waals surface area contributed by atoms with Crippen LogP contribution in [0.4, 0.5) is 15.8 Å². The smallest absolute Gasteiger partial charge is 0.125 e. The first-order chi connectivity index (χ1) is 9.15. The summed E-state index contributed by atoms with van der Waals surface area (Å²) in [6.45, 7) is 3.28. The first-order valence-electron chi connectivity index (χ1n) is 7.15. The second-order valence-electron chi connectivity index (χ2n) is 5.89. The second kappa shape index (κ2) is 5.00. The van der Waals surface area contributed by atoms with Gasteiger partial charge >= 0.3 is 0 Å². The number of rotatable bonds is 1. The van der Waals surface area contributed by atoms with Crippen molar-refractivity contribution in [2.24, 2.45) is 5.92 Å². The van der Waals surface area contributed by atoms with Crippen molar-refractivity contribution in [3.8, 4) is 0 Å². The molecule has 0 amide bonds. The molecule has 0 saturated carbocycles. The van der Waals surface area contributed by atoms with E-state index in [-0.39, 0.29) is 5.82 Å². The zero-order valence-corrected chi connectivity index (χ0v) is 11.5. The largest absolute Gasteiger partial charge is 0.397 e. The summed E-state index contributed by atoms with van der Waals surface area (Å²) in [7, 11) is 2.23. The topological polar surface area (TPSA) is 32.5 Å². The van der Waals surface area contributed by atoms with Gasteiger partial charge < -0.3 is 15.5 Å². The first-order valence-corrected chi connectivity index (χ1v) is 7.15. The van der Waals surface area contributed by atoms with Gasteiger partial charge in [-0.3, -0.25) is 0 Å². The van der Waals surface area contributed by atoms with Gasteiger partial charge in [-0.25, -0.2) is 4.39 Å². The average molecular weight is 263 g/mol. The number of halogens is 1. The van der Waals surface area contributed by atoms with Crippen LogP contribution in [-0.4, -0.2) is 37.6 Å². The number of benzene rings is 1. The van der Waals surface area contributed by atoms with Crippen molar-refractivity contribution in [1.29, 1.82) is 0 Å². The van der Waals surface area contributed by atoms with Crippen LogP contribution >= 0.6 is 0 Å². The molecule has 2 fully saturated rings. The van der Waals surface area contributed by atoms with Crippen LogP contribution in [0.3, 0.4) is 0 Å². The molecule has 2 N–H and O–H groups in total. The third-order valence-electron chi connectivity index (χ3n) is 4.68. The summed E-state index contributed by atoms with van der Waals surface area (Å²) < 4.78 is 13.1. The number of nitrogens with two attached hydrogens (primary N) is 1. The van der Waals surface area contributed by atoms with Gasteiger partial charge in [0.2, 0.25) is 0 Å². The maximum absolute atomic E-state index is 13.1. The van der Waals surface area contributed by atoms with Gasteiger partial charge in [0, 0.05) is 19.1 Å². The molecular weight excluding hydrogens is 241 g/mol. The molecule has 0 spiro atoms. The molecule has 1 aromatic carbocycles. The Bertz CT molecular complexity index is 463. The van der Waals surface area contributed by atoms with Crippen LogP contribution in [-0.2, 0) is 0 Å². The summed E-state index contributed by atoms with van der Waals surface area (Å²) in [5.41, 5.74) is 7.51. The Morgan fingerprint density at radius 3 is 2.89 bits per heavy atom. The van der Waals surface area contributed by atoms with Crippen LogP contribution in [0.1, 0.15) is 19.3 Å². The standard InChI is InChI=1S/C15H22FN3/c1-18-7-2-3-11-10-19(8-6-14(11)18)15-5-4-12(16)9-13(15)17/h4-5,9,11,14H,2-3,6-8,10,17H2,1H3. The number of likely N-dealkylation sites (tertiary alicyclic amines) is 1. The van der Waals surface area contributed by atoms with Gasteiger partial charge in [0.25, 0.3) is 0 Å². The fourth-order valence-corrected chi connectivity index (χ4v) is 3.68. The Balaban J connectivity index is 1.77. The highest BCUT2D eigenvalue weighted by Gasteiger charge is 2.34. The molecule has 1 aromatic rings. The van der Waals surface area contributed by atoms with Crippen molar-refractivity contribution < 1.29 is 4.39 Å². The van der Waals surface area contributed by atoms with Gasteiger partial charge in [0.15, 0.2) is 0 Å². The van der Waals surface area contributed by atoms with E-state index >= 15 is 0 Å². The third kappa shape index (κ3) is 2.41. The van der Waals surface area contributed by atoms with Gasteiger partial charge in [0.1, 0.15) is 5.82 Å². The van der Waals surface area contributed by atoms with E-state index < -0.39 is 0 Å². The summed E-state index contributed by atoms with van der Waals surface area (Å²) in [4.78, 5) is 4.83. The van der Waals surface area contributed by atoms with Crippen LogP contribution in [0.2, 0.25) is 0 Å². The highest BCUT2D eigenvalue weighted by atomic mass is 19.1. The summed E-state index contributed by atoms with van der Waals surface area (Å²) >= 11 is 0. The lowest BCUT2D eigenvalue weighted by atomic mass is 9.84. The summed E-state index contributed by atoms with van der Waals surface area (Å²) in [6.07, 6.45) is 3.76. The Hall–Kier alpha value is -1.29. The molecule has 0 aromatic heterocycles. The van der Waals surface area contributed by atoms with Crippen molar-refractivity contribution in [2.75, 3.05) is 37.3 Å². The first kappa shape index (κ1) is 12.7. The van der Waals surface area contributed by atoms with E-state index in [1.807, 2.05) is 6.07 Å². The normalized spacial score (nSPS) is 28.2. The minimum atomic E-state index is -0.256. The summed E-state index contributed by atoms with van der Waals surface area (Å²) in [6, 6.07) is 5.46. The van der Waals surface area contributed by atoms with Crippen LogP contribution in [0.25, 0.3) is 0 Å². The molecule has 104 valence electrons. The van der Waals surface area contributed by atoms with Crippen LogP contribution < -0.4 is 10.6 Å². The van der Waals surface area contributed by atoms with Gasteiger partial charge in [-0.1, -0.05) is 0 Å². The van der Waals surface area contributed by atoms with E-state index in [1.54, 1.807) is 0 Å². The highest BCUT2D eigenvalue weighted by molar-refractivity contribution is 5.67. The molecule has 4 heteroatoms. The molecular formula is C15H22FN3. The van der Waals surface area contributed by atoms with E-state index in [9.17, 15) is 4.39 Å². The van der Waals surface area contributed by atoms with Crippen LogP contribution in [0, 0.1) is 11.7 Å². The van der Waals surface area contributed by atoms with E-state index in [0.29, 0.717) is 11.7 Å². The molecule has 19 heavy (non-hydrogen) atoms. The molecule has 2 saturated heterocycles. The van der Waals surface area contributed by atoms with E-state index in [1.165, 1.54) is 37.9 Å². The maximum atomic E-state index is 13.1. The molecule has 3 nitrogen and oxygen atoms in total. The predicted octanol–water partition coefficient (Wildman–Crippen LogP) is 2.33. The SMILES string of the molecule is CN1CCCC2CN(c3ccc(F)cc3N)CCC21. The number of piperidine rings is 2. The van der Waals surface area contributed by atoms with Crippen LogP contribution in [0.15, 0.2) is 18.2 Å². The number of hydrogen-bond donors (Lipinski definition) is 1. The minimum Gasteiger partial charge on any atom is -0.397 e. The van der Waals surface area contributed by atoms with Crippen LogP contribution in [0.5, 0.6) is 0 Å². The zero-order chi connectivity index (χ0) is 13.4. The highest BCUT2D eigenvalue weighted by Crippen LogP contribution is 2.34. The quantitative estimate of drug-likeness (QED) is 0.789. The molecule has 2 heterocycles. The van der Waals surface area contributed by atoms with Gasteiger partial charge in [-0.2, -0.15) is 0 Å². The number of nitrogen functional groups attached to an aromatic ring is 1. The molecule has 2 unspecified atom stereocenters. The lowest BCUT2D eigenvalue weighted by Crippen LogP contribution is -2.52. The third-order valence-corrected chi connectivity index (χ3v) is 4.68. The van der Waals surface area contributed by atoms with Gasteiger partial charge in [-0.15, -0.1) is 0 Å². The molecule has 0 bridgehead atoms. The Morgan fingerprint density at radius 2 is 2.11 bits per heavy atom. The van der Waals surface area contributed by atoms with Crippen molar-refractivity contribution in [3.05, 3.63) is 24.0 Å². The fourth-order valence-electron chi connectivity index (χ4n) is 3.68. The monoisotopic (exact) mass is 263 g/mol. The van der Waals surface area contributed by atoms with Crippen molar-refractivity contribution in [1.82, 2.24) is 4.90 Å². The van der Waals surface area contributed by atoms with Gasteiger partial charge in [0.05, 0.1) is 11.4 Å². The zero-order valence-electron chi connectivity index (χ0n) is 11.5. The Morgan fingerprint density at radius 1 is 1.26 bits per heavy atom. The van der Waals surface area contributed by atoms with Gasteiger partial charge in [-0.05, 0) is 57.0 Å². The number of anilines is 2. The number of nitrogens with zero attached hydrogens (tertiary/aromatic N) is 2. The maximum Gasteiger partial charge on any atom is 0.125 e. The molecule has 0 aliphatic carbocycles. The second-order valence-corrected chi connectivity index (χ2v) is 5.89. The average Bonchev–Trinajstić information content (AvgIpc) is 2.38. The van der Waals surface area contributed by atoms with E-state index in [2.05, 4.69) is 16.8 Å². The summed E-state index contributed by atoms with van der Waals surface area (Å²) in [5.74, 6) is 0.463. The van der Waals surface area contributed by atoms with Crippen molar-refractivity contribution in [3.63, 3.8) is 0 Å². The molecule has 2 atom stereocenters. The number of hydrogen-bond acceptors (Lipinski definition) is 3. The van der Waals surface area contributed by atoms with Crippen molar-refractivity contribution in [2.45, 2.75) is 25.3 Å². The fraction of sp³-hybridized carbons (Fsp3) is 0.600. The van der Waals surface area contributed by atoms with E-state index in [0.717, 1.165) is 24.7 Å². The number of fused-ring (bicyclic) bond motifs is 1. The van der Waals surface area contributed by atoms with Crippen molar-refractivity contribution >= 4 is 11.4 Å². The molecule has 3 rings (SSSR count). The molecule has 2 aliphatic heterocycles. The minimum absolute atomic E-state index is 0.256. The molecule has 2 aliphatic rings. The predicted molar refractivity (Wildman–Crippen MR) is 76.8 cm³/mol. The van der Waals surface area contributed by atoms with E-state index in [4.69, 9.17) is 5.73 Å². The summed E-state index contributed by atoms with van der Waals surface area (Å²) in [5, 5.41) is 0. The lowest BCUT2D eigenvalue weighted by Gasteiger charge is -2.46. The Labute approximate surface area is 114 Å².